The molecule has 0 amide bonds. The van der Waals surface area contributed by atoms with Crippen LogP contribution in [0.2, 0.25) is 0 Å². The van der Waals surface area contributed by atoms with Crippen molar-refractivity contribution >= 4 is 17.9 Å². The van der Waals surface area contributed by atoms with Crippen LogP contribution in [0.5, 0.6) is 0 Å². The molecule has 0 heterocycles. The van der Waals surface area contributed by atoms with E-state index in [0.29, 0.717) is 23.9 Å². The fourth-order valence-corrected chi connectivity index (χ4v) is 7.79. The summed E-state index contributed by atoms with van der Waals surface area (Å²) in [6.07, 6.45) is 57.6. The fourth-order valence-electron chi connectivity index (χ4n) is 7.79. The molecule has 0 aromatic heterocycles. The van der Waals surface area contributed by atoms with Gasteiger partial charge < -0.3 is 28.5 Å². The topological polar surface area (TPSA) is 108 Å². The Balaban J connectivity index is 4.23. The molecule has 0 aromatic carbocycles. The van der Waals surface area contributed by atoms with Crippen molar-refractivity contribution in [2.45, 2.75) is 257 Å². The van der Waals surface area contributed by atoms with E-state index >= 15 is 0 Å². The van der Waals surface area contributed by atoms with E-state index in [0.717, 1.165) is 64.2 Å². The third-order valence-corrected chi connectivity index (χ3v) is 12.1. The van der Waals surface area contributed by atoms with Gasteiger partial charge in [0.25, 0.3) is 6.29 Å². The molecule has 0 fully saturated rings. The minimum atomic E-state index is -1.51. The first kappa shape index (κ1) is 64.2. The molecule has 9 nitrogen and oxygen atoms in total. The number of carboxylic acids is 1. The third-order valence-electron chi connectivity index (χ3n) is 12.1. The van der Waals surface area contributed by atoms with E-state index in [4.69, 9.17) is 18.9 Å². The van der Waals surface area contributed by atoms with Crippen LogP contribution in [0.25, 0.3) is 0 Å². The van der Waals surface area contributed by atoms with Crippen LogP contribution >= 0.6 is 0 Å². The SMILES string of the molecule is CC/C=C\C/C=C\C/C=C\CCCCCCCCCC(=O)OC(COC(=O)CCCCCCCCCCCCCCC/C=C\CCCCCCCCCC)COC(OCC[N+](C)(C)C)C(=O)O. The summed E-state index contributed by atoms with van der Waals surface area (Å²) in [5.41, 5.74) is 0. The summed E-state index contributed by atoms with van der Waals surface area (Å²) in [6, 6.07) is 0. The molecule has 0 saturated heterocycles. The Morgan fingerprint density at radius 2 is 0.851 bits per heavy atom. The molecule has 67 heavy (non-hydrogen) atoms. The van der Waals surface area contributed by atoms with E-state index < -0.39 is 24.3 Å². The third kappa shape index (κ3) is 50.9. The number of quaternary nitrogens is 1. The molecule has 2 unspecified atom stereocenters. The predicted octanol–water partition coefficient (Wildman–Crippen LogP) is 15.9. The lowest BCUT2D eigenvalue weighted by molar-refractivity contribution is -0.870. The number of carbonyl (C=O) groups is 3. The lowest BCUT2D eigenvalue weighted by Gasteiger charge is -2.25. The zero-order chi connectivity index (χ0) is 49.2. The molecule has 0 aromatic rings. The van der Waals surface area contributed by atoms with Crippen molar-refractivity contribution in [3.63, 3.8) is 0 Å². The molecule has 0 aliphatic carbocycles. The van der Waals surface area contributed by atoms with Crippen molar-refractivity contribution in [2.24, 2.45) is 0 Å². The Kier molecular flexibility index (Phi) is 47.6. The Labute approximate surface area is 412 Å². The highest BCUT2D eigenvalue weighted by molar-refractivity contribution is 5.71. The van der Waals surface area contributed by atoms with Gasteiger partial charge in [-0.2, -0.15) is 0 Å². The summed E-state index contributed by atoms with van der Waals surface area (Å²) < 4.78 is 22.8. The number of unbranched alkanes of at least 4 members (excludes halogenated alkanes) is 28. The van der Waals surface area contributed by atoms with Gasteiger partial charge in [0.15, 0.2) is 6.10 Å². The quantitative estimate of drug-likeness (QED) is 0.0211. The second kappa shape index (κ2) is 49.7. The van der Waals surface area contributed by atoms with E-state index in [1.165, 1.54) is 148 Å². The van der Waals surface area contributed by atoms with Gasteiger partial charge in [-0.05, 0) is 70.6 Å². The van der Waals surface area contributed by atoms with Gasteiger partial charge in [0, 0.05) is 12.8 Å². The Morgan fingerprint density at radius 3 is 1.28 bits per heavy atom. The van der Waals surface area contributed by atoms with Crippen LogP contribution in [-0.2, 0) is 33.3 Å². The van der Waals surface area contributed by atoms with E-state index in [1.807, 2.05) is 21.1 Å². The number of rotatable bonds is 51. The largest absolute Gasteiger partial charge is 0.477 e. The van der Waals surface area contributed by atoms with Crippen LogP contribution in [-0.4, -0.2) is 87.4 Å². The summed E-state index contributed by atoms with van der Waals surface area (Å²) in [7, 11) is 5.96. The predicted molar refractivity (Wildman–Crippen MR) is 281 cm³/mol. The van der Waals surface area contributed by atoms with Gasteiger partial charge in [-0.1, -0.05) is 210 Å². The summed E-state index contributed by atoms with van der Waals surface area (Å²) >= 11 is 0. The van der Waals surface area contributed by atoms with Crippen LogP contribution in [0.1, 0.15) is 245 Å². The summed E-state index contributed by atoms with van der Waals surface area (Å²) in [5.74, 6) is -2.01. The molecule has 0 aliphatic rings. The maximum absolute atomic E-state index is 12.8. The first-order chi connectivity index (χ1) is 32.6. The average molecular weight is 945 g/mol. The molecule has 390 valence electrons. The lowest BCUT2D eigenvalue weighted by atomic mass is 10.0. The van der Waals surface area contributed by atoms with Gasteiger partial charge in [-0.3, -0.25) is 9.59 Å². The standard InChI is InChI=1S/C58H105NO8/c1-6-8-10-12-14-16-18-20-22-24-25-26-27-28-29-30-31-33-34-36-38-40-42-44-46-48-55(60)65-52-54(53-66-58(57(62)63)64-51-50-59(3,4)5)67-56(61)49-47-45-43-41-39-37-35-32-23-21-19-17-15-13-11-9-7-2/h9,11,15,17,21,23-25,54,58H,6-8,10,12-14,16,18-20,22,26-53H2,1-5H3/p+1/b11-9-,17-15-,23-21-,25-24-. The first-order valence-electron chi connectivity index (χ1n) is 27.8. The molecule has 0 rings (SSSR count). The van der Waals surface area contributed by atoms with Crippen molar-refractivity contribution in [1.29, 1.82) is 0 Å². The number of hydrogen-bond acceptors (Lipinski definition) is 7. The van der Waals surface area contributed by atoms with Crippen LogP contribution < -0.4 is 0 Å². The molecule has 1 N–H and O–H groups in total. The van der Waals surface area contributed by atoms with Gasteiger partial charge in [0.1, 0.15) is 13.2 Å². The fraction of sp³-hybridized carbons (Fsp3) is 0.810. The summed E-state index contributed by atoms with van der Waals surface area (Å²) in [6.45, 7) is 4.77. The number of esters is 2. The Morgan fingerprint density at radius 1 is 0.463 bits per heavy atom. The minimum absolute atomic E-state index is 0.185. The second-order valence-electron chi connectivity index (χ2n) is 19.9. The summed E-state index contributed by atoms with van der Waals surface area (Å²) in [5, 5.41) is 9.68. The van der Waals surface area contributed by atoms with Crippen molar-refractivity contribution < 1.29 is 42.9 Å². The van der Waals surface area contributed by atoms with Crippen LogP contribution in [0.3, 0.4) is 0 Å². The highest BCUT2D eigenvalue weighted by atomic mass is 16.7. The number of likely N-dealkylation sites (N-methyl/N-ethyl adjacent to an activating group) is 1. The van der Waals surface area contributed by atoms with Crippen LogP contribution in [0.15, 0.2) is 48.6 Å². The maximum Gasteiger partial charge on any atom is 0.361 e. The van der Waals surface area contributed by atoms with Crippen LogP contribution in [0.4, 0.5) is 0 Å². The first-order valence-corrected chi connectivity index (χ1v) is 27.8. The molecular formula is C58H106NO8+. The molecule has 2 atom stereocenters. The monoisotopic (exact) mass is 945 g/mol. The average Bonchev–Trinajstić information content (AvgIpc) is 3.29. The number of carboxylic acid groups (broad SMARTS) is 1. The van der Waals surface area contributed by atoms with Crippen LogP contribution in [0, 0.1) is 0 Å². The molecule has 0 saturated carbocycles. The minimum Gasteiger partial charge on any atom is -0.477 e. The molecular weight excluding hydrogens is 839 g/mol. The van der Waals surface area contributed by atoms with E-state index in [9.17, 15) is 19.5 Å². The molecule has 0 bridgehead atoms. The number of carbonyl (C=O) groups excluding carboxylic acids is 2. The van der Waals surface area contributed by atoms with E-state index in [-0.39, 0.29) is 32.2 Å². The lowest BCUT2D eigenvalue weighted by Crippen LogP contribution is -2.40. The van der Waals surface area contributed by atoms with Gasteiger partial charge >= 0.3 is 17.9 Å². The number of nitrogens with zero attached hydrogens (tertiary/aromatic N) is 1. The van der Waals surface area contributed by atoms with Gasteiger partial charge in [-0.15, -0.1) is 0 Å². The second-order valence-corrected chi connectivity index (χ2v) is 19.9. The smallest absolute Gasteiger partial charge is 0.361 e. The number of allylic oxidation sites excluding steroid dienone is 8. The van der Waals surface area contributed by atoms with Crippen molar-refractivity contribution in [2.75, 3.05) is 47.5 Å². The Hall–Kier alpha value is -2.75. The molecule has 0 aliphatic heterocycles. The molecule has 0 radical (unpaired) electrons. The van der Waals surface area contributed by atoms with Crippen molar-refractivity contribution in [3.8, 4) is 0 Å². The normalized spacial score (nSPS) is 13.1. The van der Waals surface area contributed by atoms with Gasteiger partial charge in [-0.25, -0.2) is 4.79 Å². The highest BCUT2D eigenvalue weighted by Gasteiger charge is 2.25. The molecule has 9 heteroatoms. The number of ether oxygens (including phenoxy) is 4. The van der Waals surface area contributed by atoms with Crippen molar-refractivity contribution in [3.05, 3.63) is 48.6 Å². The zero-order valence-corrected chi connectivity index (χ0v) is 44.3. The zero-order valence-electron chi connectivity index (χ0n) is 44.3. The van der Waals surface area contributed by atoms with Gasteiger partial charge in [0.2, 0.25) is 0 Å². The molecule has 0 spiro atoms. The highest BCUT2D eigenvalue weighted by Crippen LogP contribution is 2.16. The van der Waals surface area contributed by atoms with Gasteiger partial charge in [0.05, 0.1) is 34.4 Å². The van der Waals surface area contributed by atoms with E-state index in [1.54, 1.807) is 0 Å². The van der Waals surface area contributed by atoms with Crippen molar-refractivity contribution in [1.82, 2.24) is 0 Å². The number of aliphatic carboxylic acids is 1. The Bertz CT molecular complexity index is 1240. The van der Waals surface area contributed by atoms with E-state index in [2.05, 4.69) is 62.5 Å². The number of hydrogen-bond donors (Lipinski definition) is 1. The summed E-state index contributed by atoms with van der Waals surface area (Å²) in [4.78, 5) is 37.3. The maximum atomic E-state index is 12.8.